The van der Waals surface area contributed by atoms with Gasteiger partial charge in [-0.3, -0.25) is 9.80 Å². The number of aliphatic hydroxyl groups is 1. The maximum Gasteiger partial charge on any atom is 0.410 e. The first-order valence-corrected chi connectivity index (χ1v) is 17.5. The van der Waals surface area contributed by atoms with E-state index in [9.17, 15) is 9.90 Å². The minimum Gasteiger partial charge on any atom is -0.444 e. The Morgan fingerprint density at radius 1 is 1.00 bits per heavy atom. The molecule has 2 N–H and O–H groups in total. The summed E-state index contributed by atoms with van der Waals surface area (Å²) in [5, 5.41) is 14.5. The number of fused-ring (bicyclic) bond motifs is 1. The number of nitrogens with zero attached hydrogens (tertiary/aromatic N) is 6. The predicted octanol–water partition coefficient (Wildman–Crippen LogP) is 5.91. The first kappa shape index (κ1) is 32.7. The maximum absolute atomic E-state index is 12.7. The van der Waals surface area contributed by atoms with E-state index in [4.69, 9.17) is 9.72 Å². The molecule has 1 atom stereocenters. The molecule has 46 heavy (non-hydrogen) atoms. The Labute approximate surface area is 274 Å². The Hall–Kier alpha value is -3.21. The lowest BCUT2D eigenvalue weighted by atomic mass is 9.93. The van der Waals surface area contributed by atoms with E-state index in [1.54, 1.807) is 0 Å². The molecule has 1 amide bonds. The summed E-state index contributed by atoms with van der Waals surface area (Å²) in [6, 6.07) is 9.75. The number of piperazine rings is 1. The lowest BCUT2D eigenvalue weighted by Crippen LogP contribution is -2.56. The third-order valence-electron chi connectivity index (χ3n) is 9.81. The van der Waals surface area contributed by atoms with Gasteiger partial charge in [0.25, 0.3) is 0 Å². The molecule has 0 radical (unpaired) electrons. The van der Waals surface area contributed by atoms with E-state index in [2.05, 4.69) is 62.1 Å². The van der Waals surface area contributed by atoms with Gasteiger partial charge in [-0.05, 0) is 76.8 Å². The predicted molar refractivity (Wildman–Crippen MR) is 183 cm³/mol. The number of aliphatic hydroxyl groups excluding tert-OH is 1. The van der Waals surface area contributed by atoms with Crippen LogP contribution in [0.2, 0.25) is 0 Å². The van der Waals surface area contributed by atoms with Crippen LogP contribution >= 0.6 is 0 Å². The number of carbonyl (C=O) groups is 1. The van der Waals surface area contributed by atoms with Crippen LogP contribution in [0.4, 0.5) is 10.7 Å². The summed E-state index contributed by atoms with van der Waals surface area (Å²) >= 11 is 0. The van der Waals surface area contributed by atoms with Crippen molar-refractivity contribution in [2.75, 3.05) is 51.1 Å². The molecule has 1 unspecified atom stereocenters. The van der Waals surface area contributed by atoms with Crippen LogP contribution in [0.25, 0.3) is 22.2 Å². The van der Waals surface area contributed by atoms with Crippen LogP contribution < -0.4 is 5.32 Å². The molecule has 3 aliphatic rings. The number of benzene rings is 1. The van der Waals surface area contributed by atoms with Gasteiger partial charge in [-0.1, -0.05) is 31.2 Å². The summed E-state index contributed by atoms with van der Waals surface area (Å²) in [6.07, 6.45) is 10.6. The topological polar surface area (TPSA) is 99.0 Å². The first-order valence-electron chi connectivity index (χ1n) is 17.5. The highest BCUT2D eigenvalue weighted by Crippen LogP contribution is 2.37. The van der Waals surface area contributed by atoms with Crippen LogP contribution in [0.1, 0.15) is 84.2 Å². The number of rotatable bonds is 8. The molecule has 6 rings (SSSR count). The van der Waals surface area contributed by atoms with Crippen molar-refractivity contribution in [3.05, 3.63) is 42.2 Å². The minimum absolute atomic E-state index is 0.182. The van der Waals surface area contributed by atoms with Gasteiger partial charge in [0.2, 0.25) is 5.95 Å². The molecule has 2 saturated heterocycles. The SMILES string of the molecule is CCCNc1ncc2c(-c3ccc(CN4CCN(C5CCCN(C(=O)OC(C)(C)C)C5)CC4)cc3)cn(C3CCC(O)CC3)c2n1. The molecule has 0 bridgehead atoms. The molecule has 250 valence electrons. The van der Waals surface area contributed by atoms with Gasteiger partial charge in [0.15, 0.2) is 0 Å². The second-order valence-electron chi connectivity index (χ2n) is 14.5. The Kier molecular flexibility index (Phi) is 10.2. The highest BCUT2D eigenvalue weighted by Gasteiger charge is 2.32. The summed E-state index contributed by atoms with van der Waals surface area (Å²) in [7, 11) is 0. The number of ether oxygens (including phenoxy) is 1. The van der Waals surface area contributed by atoms with Crippen molar-refractivity contribution < 1.29 is 14.6 Å². The van der Waals surface area contributed by atoms with E-state index >= 15 is 0 Å². The number of piperidine rings is 1. The third kappa shape index (κ3) is 7.83. The van der Waals surface area contributed by atoms with Gasteiger partial charge in [0, 0.05) is 87.8 Å². The molecule has 2 aliphatic heterocycles. The summed E-state index contributed by atoms with van der Waals surface area (Å²) in [5.41, 5.74) is 4.17. The molecule has 1 saturated carbocycles. The molecule has 1 aromatic carbocycles. The third-order valence-corrected chi connectivity index (χ3v) is 9.81. The monoisotopic (exact) mass is 631 g/mol. The number of amides is 1. The van der Waals surface area contributed by atoms with Crippen LogP contribution in [0, 0.1) is 0 Å². The van der Waals surface area contributed by atoms with Crippen LogP contribution in [-0.2, 0) is 11.3 Å². The van der Waals surface area contributed by atoms with Crippen molar-refractivity contribution in [3.8, 4) is 11.1 Å². The number of anilines is 1. The lowest BCUT2D eigenvalue weighted by Gasteiger charge is -2.43. The fraction of sp³-hybridized carbons (Fsp3) is 0.639. The minimum atomic E-state index is -0.461. The molecule has 1 aliphatic carbocycles. The number of hydrogen-bond acceptors (Lipinski definition) is 8. The number of aromatic nitrogens is 3. The van der Waals surface area contributed by atoms with Gasteiger partial charge in [-0.2, -0.15) is 4.98 Å². The van der Waals surface area contributed by atoms with Gasteiger partial charge in [-0.15, -0.1) is 0 Å². The van der Waals surface area contributed by atoms with Gasteiger partial charge in [0.1, 0.15) is 11.2 Å². The molecule has 0 spiro atoms. The van der Waals surface area contributed by atoms with Gasteiger partial charge < -0.3 is 24.6 Å². The lowest BCUT2D eigenvalue weighted by molar-refractivity contribution is 0.00445. The summed E-state index contributed by atoms with van der Waals surface area (Å²) < 4.78 is 7.98. The molecule has 3 aromatic rings. The zero-order chi connectivity index (χ0) is 32.3. The van der Waals surface area contributed by atoms with Crippen molar-refractivity contribution >= 4 is 23.1 Å². The summed E-state index contributed by atoms with van der Waals surface area (Å²) in [5.74, 6) is 0.676. The van der Waals surface area contributed by atoms with Crippen molar-refractivity contribution in [1.82, 2.24) is 29.2 Å². The second kappa shape index (κ2) is 14.3. The van der Waals surface area contributed by atoms with Crippen LogP contribution in [0.5, 0.6) is 0 Å². The molecule has 10 heteroatoms. The van der Waals surface area contributed by atoms with E-state index in [0.29, 0.717) is 18.0 Å². The van der Waals surface area contributed by atoms with Gasteiger partial charge in [0.05, 0.1) is 6.10 Å². The van der Waals surface area contributed by atoms with E-state index in [1.165, 1.54) is 11.1 Å². The van der Waals surface area contributed by atoms with Crippen LogP contribution in [0.3, 0.4) is 0 Å². The van der Waals surface area contributed by atoms with Crippen molar-refractivity contribution in [1.29, 1.82) is 0 Å². The van der Waals surface area contributed by atoms with Crippen molar-refractivity contribution in [3.63, 3.8) is 0 Å². The van der Waals surface area contributed by atoms with Crippen molar-refractivity contribution in [2.45, 2.75) is 103 Å². The number of carbonyl (C=O) groups excluding carboxylic acids is 1. The zero-order valence-corrected chi connectivity index (χ0v) is 28.2. The standard InChI is InChI=1S/C36H53N7O3/c1-5-16-37-34-38-22-31-32(25-43(33(31)39-34)28-12-14-30(44)15-13-28)27-10-8-26(9-11-27)23-40-18-20-41(21-19-40)29-7-6-17-42(24-29)35(45)46-36(2,3)4/h8-11,22,25,28-30,44H,5-7,12-21,23-24H2,1-4H3,(H,37,38,39). The Morgan fingerprint density at radius 2 is 1.74 bits per heavy atom. The largest absolute Gasteiger partial charge is 0.444 e. The summed E-state index contributed by atoms with van der Waals surface area (Å²) in [6.45, 7) is 15.4. The summed E-state index contributed by atoms with van der Waals surface area (Å²) in [4.78, 5) is 29.3. The van der Waals surface area contributed by atoms with E-state index < -0.39 is 5.60 Å². The number of likely N-dealkylation sites (tertiary alicyclic amines) is 1. The van der Waals surface area contributed by atoms with Gasteiger partial charge >= 0.3 is 6.09 Å². The quantitative estimate of drug-likeness (QED) is 0.317. The molecular weight excluding hydrogens is 578 g/mol. The Balaban J connectivity index is 1.09. The fourth-order valence-electron chi connectivity index (χ4n) is 7.28. The van der Waals surface area contributed by atoms with E-state index in [0.717, 1.165) is 114 Å². The van der Waals surface area contributed by atoms with Crippen LogP contribution in [0.15, 0.2) is 36.7 Å². The molecular formula is C36H53N7O3. The zero-order valence-electron chi connectivity index (χ0n) is 28.2. The Bertz CT molecular complexity index is 1450. The Morgan fingerprint density at radius 3 is 2.43 bits per heavy atom. The molecule has 10 nitrogen and oxygen atoms in total. The van der Waals surface area contributed by atoms with Crippen LogP contribution in [-0.4, -0.2) is 104 Å². The highest BCUT2D eigenvalue weighted by atomic mass is 16.6. The van der Waals surface area contributed by atoms with Crippen molar-refractivity contribution in [2.24, 2.45) is 0 Å². The number of hydrogen-bond donors (Lipinski definition) is 2. The maximum atomic E-state index is 12.7. The van der Waals surface area contributed by atoms with E-state index in [-0.39, 0.29) is 12.2 Å². The second-order valence-corrected chi connectivity index (χ2v) is 14.5. The molecule has 3 fully saturated rings. The normalized spacial score (nSPS) is 23.5. The van der Waals surface area contributed by atoms with Gasteiger partial charge in [-0.25, -0.2) is 9.78 Å². The first-order chi connectivity index (χ1) is 22.2. The highest BCUT2D eigenvalue weighted by molar-refractivity contribution is 5.94. The average Bonchev–Trinajstić information content (AvgIpc) is 3.43. The average molecular weight is 632 g/mol. The molecule has 4 heterocycles. The fourth-order valence-corrected chi connectivity index (χ4v) is 7.28. The molecule has 2 aromatic heterocycles. The van der Waals surface area contributed by atoms with E-state index in [1.807, 2.05) is 31.9 Å². The smallest absolute Gasteiger partial charge is 0.410 e. The number of nitrogens with one attached hydrogen (secondary N) is 1.